The smallest absolute Gasteiger partial charge is 0.509 e. The van der Waals surface area contributed by atoms with E-state index >= 15 is 0 Å². The first kappa shape index (κ1) is 35.6. The van der Waals surface area contributed by atoms with Crippen molar-refractivity contribution in [2.75, 3.05) is 0 Å². The molecule has 0 saturated heterocycles. The minimum atomic E-state index is 0. The van der Waals surface area contributed by atoms with Gasteiger partial charge in [0.2, 0.25) is 0 Å². The van der Waals surface area contributed by atoms with E-state index < -0.39 is 0 Å². The molecule has 0 bridgehead atoms. The Labute approximate surface area is 330 Å². The Morgan fingerprint density at radius 3 is 1.93 bits per heavy atom. The maximum Gasteiger partial charge on any atom is 2.00 e. The predicted octanol–water partition coefficient (Wildman–Crippen LogP) is 11.6. The van der Waals surface area contributed by atoms with Crippen molar-refractivity contribution in [2.24, 2.45) is 0 Å². The van der Waals surface area contributed by atoms with Crippen LogP contribution in [-0.4, -0.2) is 23.9 Å². The Morgan fingerprint density at radius 2 is 1.26 bits per heavy atom. The summed E-state index contributed by atoms with van der Waals surface area (Å²) in [6, 6.07) is 35.1. The molecule has 4 heterocycles. The molecule has 0 aliphatic rings. The number of nitrogens with zero attached hydrogens (tertiary/aromatic N) is 5. The van der Waals surface area contributed by atoms with Gasteiger partial charge in [0, 0.05) is 45.2 Å². The summed E-state index contributed by atoms with van der Waals surface area (Å²) in [7, 11) is 0. The first-order valence-corrected chi connectivity index (χ1v) is 18.2. The topological polar surface area (TPSA) is 49.8 Å². The van der Waals surface area contributed by atoms with E-state index in [9.17, 15) is 0 Å². The van der Waals surface area contributed by atoms with E-state index in [0.29, 0.717) is 11.5 Å². The van der Waals surface area contributed by atoms with Crippen LogP contribution in [0.2, 0.25) is 0 Å². The van der Waals surface area contributed by atoms with Gasteiger partial charge in [0.15, 0.2) is 0 Å². The molecule has 0 saturated carbocycles. The molecular weight excluding hydrogens is 846 g/mol. The summed E-state index contributed by atoms with van der Waals surface area (Å²) in [5.74, 6) is 2.08. The first-order valence-electron chi connectivity index (χ1n) is 18.2. The van der Waals surface area contributed by atoms with Crippen LogP contribution >= 0.6 is 0 Å². The van der Waals surface area contributed by atoms with Gasteiger partial charge in [-0.3, -0.25) is 4.68 Å². The van der Waals surface area contributed by atoms with Gasteiger partial charge in [-0.2, -0.15) is 16.7 Å². The Hall–Kier alpha value is -5.45. The van der Waals surface area contributed by atoms with Crippen molar-refractivity contribution in [3.05, 3.63) is 148 Å². The number of aryl methyl sites for hydroxylation is 8. The standard InChI is InChI=1S/C47H41N5O.Pt/c1-26-16-29(4)45-40(20-26)41-21-27(2)17-30(5)46(41)51(45)44-31(6)25-48-47(34(44)9)50-42-13-11-10-12-38(42)39-15-14-36(24-43(39)50)53-37-19-28(3)18-35(23-37)52-33(8)22-32(7)49-52;/h10-22,25H,1-9H3;/q-2;+2. The molecule has 54 heavy (non-hydrogen) atoms. The molecule has 0 atom stereocenters. The normalized spacial score (nSPS) is 11.6. The van der Waals surface area contributed by atoms with E-state index in [4.69, 9.17) is 9.72 Å². The zero-order valence-corrected chi connectivity index (χ0v) is 34.3. The molecule has 7 heteroatoms. The van der Waals surface area contributed by atoms with Gasteiger partial charge in [-0.15, -0.1) is 35.7 Å². The summed E-state index contributed by atoms with van der Waals surface area (Å²) in [5.41, 5.74) is 16.8. The zero-order valence-electron chi connectivity index (χ0n) is 32.0. The molecule has 0 fully saturated rings. The van der Waals surface area contributed by atoms with Gasteiger partial charge in [-0.25, -0.2) is 4.98 Å². The Bertz CT molecular complexity index is 2910. The Morgan fingerprint density at radius 1 is 0.593 bits per heavy atom. The Balaban J connectivity index is 0.00000413. The molecule has 9 rings (SSSR count). The fraction of sp³-hybridized carbons (Fsp3) is 0.191. The van der Waals surface area contributed by atoms with Gasteiger partial charge >= 0.3 is 21.1 Å². The monoisotopic (exact) mass is 886 g/mol. The third-order valence-corrected chi connectivity index (χ3v) is 10.5. The molecule has 4 aromatic heterocycles. The van der Waals surface area contributed by atoms with E-state index in [2.05, 4.69) is 148 Å². The van der Waals surface area contributed by atoms with Crippen LogP contribution in [0, 0.1) is 74.4 Å². The second kappa shape index (κ2) is 13.1. The van der Waals surface area contributed by atoms with Crippen LogP contribution < -0.4 is 4.74 Å². The molecule has 270 valence electrons. The molecule has 5 aromatic carbocycles. The van der Waals surface area contributed by atoms with Crippen LogP contribution in [0.4, 0.5) is 0 Å². The maximum absolute atomic E-state index is 6.55. The van der Waals surface area contributed by atoms with Gasteiger partial charge in [0.05, 0.1) is 22.4 Å². The van der Waals surface area contributed by atoms with Crippen LogP contribution in [0.25, 0.3) is 60.8 Å². The third-order valence-electron chi connectivity index (χ3n) is 10.5. The van der Waals surface area contributed by atoms with E-state index in [1.807, 2.05) is 29.9 Å². The molecule has 0 radical (unpaired) electrons. The van der Waals surface area contributed by atoms with E-state index in [1.54, 1.807) is 0 Å². The van der Waals surface area contributed by atoms with Gasteiger partial charge in [-0.05, 0) is 107 Å². The maximum atomic E-state index is 6.55. The van der Waals surface area contributed by atoms with Crippen LogP contribution in [-0.2, 0) is 21.1 Å². The van der Waals surface area contributed by atoms with Crippen molar-refractivity contribution >= 4 is 43.6 Å². The third kappa shape index (κ3) is 5.58. The fourth-order valence-electron chi connectivity index (χ4n) is 8.52. The Kier molecular flexibility index (Phi) is 8.66. The van der Waals surface area contributed by atoms with Gasteiger partial charge in [0.25, 0.3) is 0 Å². The number of aromatic nitrogens is 5. The number of hydrogen-bond donors (Lipinski definition) is 0. The molecule has 9 aromatic rings. The molecule has 0 amide bonds. The van der Waals surface area contributed by atoms with Crippen LogP contribution in [0.3, 0.4) is 0 Å². The molecule has 0 N–H and O–H groups in total. The van der Waals surface area contributed by atoms with Crippen LogP contribution in [0.1, 0.15) is 50.3 Å². The number of benzene rings is 5. The number of ether oxygens (including phenoxy) is 1. The van der Waals surface area contributed by atoms with Crippen LogP contribution in [0.15, 0.2) is 85.1 Å². The molecule has 0 spiro atoms. The average molecular weight is 887 g/mol. The summed E-state index contributed by atoms with van der Waals surface area (Å²) in [4.78, 5) is 5.18. The molecule has 0 aliphatic heterocycles. The largest absolute Gasteiger partial charge is 2.00 e. The van der Waals surface area contributed by atoms with E-state index in [0.717, 1.165) is 67.1 Å². The van der Waals surface area contributed by atoms with Crippen LogP contribution in [0.5, 0.6) is 11.5 Å². The number of hydrogen-bond acceptors (Lipinski definition) is 3. The minimum absolute atomic E-state index is 0. The SMILES string of the molecule is Cc1cc(Oc2[c-]c3c(cc2)c2ccccc2n3-c2ncc(C)c(-n3c4c(C)cc(C)cc4c4cc(C)cc(C)c43)c2C)[c-]c(-n2nc(C)cc2C)c1.[Pt+2]. The predicted molar refractivity (Wildman–Crippen MR) is 217 cm³/mol. The molecular formula is C47H41N5OPt. The summed E-state index contributed by atoms with van der Waals surface area (Å²) in [6.07, 6.45) is 2.02. The van der Waals surface area contributed by atoms with E-state index in [-0.39, 0.29) is 21.1 Å². The van der Waals surface area contributed by atoms with Gasteiger partial charge in [-0.1, -0.05) is 53.9 Å². The summed E-state index contributed by atoms with van der Waals surface area (Å²) in [5, 5.41) is 9.46. The second-order valence-electron chi connectivity index (χ2n) is 14.8. The summed E-state index contributed by atoms with van der Waals surface area (Å²) in [6.45, 7) is 19.3. The quantitative estimate of drug-likeness (QED) is 0.162. The molecule has 6 nitrogen and oxygen atoms in total. The van der Waals surface area contributed by atoms with E-state index in [1.165, 1.54) is 44.1 Å². The zero-order chi connectivity index (χ0) is 36.9. The number of para-hydroxylation sites is 1. The number of pyridine rings is 1. The molecule has 0 unspecified atom stereocenters. The van der Waals surface area contributed by atoms with Gasteiger partial charge < -0.3 is 13.9 Å². The summed E-state index contributed by atoms with van der Waals surface area (Å²) < 4.78 is 13.2. The van der Waals surface area contributed by atoms with Crippen molar-refractivity contribution in [3.8, 4) is 28.7 Å². The second-order valence-corrected chi connectivity index (χ2v) is 14.8. The molecule has 0 aliphatic carbocycles. The van der Waals surface area contributed by atoms with Crippen molar-refractivity contribution in [3.63, 3.8) is 0 Å². The van der Waals surface area contributed by atoms with Crippen molar-refractivity contribution < 1.29 is 25.8 Å². The fourth-order valence-corrected chi connectivity index (χ4v) is 8.52. The van der Waals surface area contributed by atoms with Crippen molar-refractivity contribution in [2.45, 2.75) is 62.3 Å². The number of fused-ring (bicyclic) bond motifs is 6. The first-order chi connectivity index (χ1) is 25.5. The van der Waals surface area contributed by atoms with Crippen molar-refractivity contribution in [1.29, 1.82) is 0 Å². The summed E-state index contributed by atoms with van der Waals surface area (Å²) >= 11 is 0. The van der Waals surface area contributed by atoms with Gasteiger partial charge in [0.1, 0.15) is 5.82 Å². The average Bonchev–Trinajstić information content (AvgIpc) is 3.73. The van der Waals surface area contributed by atoms with Crippen molar-refractivity contribution in [1.82, 2.24) is 23.9 Å². The minimum Gasteiger partial charge on any atom is -0.509 e. The number of rotatable bonds is 5.